The smallest absolute Gasteiger partial charge is 0.295 e. The molecule has 0 unspecified atom stereocenters. The number of hydrogen-bond donors (Lipinski definition) is 2. The van der Waals surface area contributed by atoms with Crippen molar-refractivity contribution in [1.82, 2.24) is 9.36 Å². The highest BCUT2D eigenvalue weighted by molar-refractivity contribution is 8.00. The lowest BCUT2D eigenvalue weighted by Crippen LogP contribution is -2.24. The Labute approximate surface area is 184 Å². The van der Waals surface area contributed by atoms with Crippen molar-refractivity contribution in [3.8, 4) is 11.4 Å². The minimum Gasteiger partial charge on any atom is -0.495 e. The molecule has 0 fully saturated rings. The highest BCUT2D eigenvalue weighted by Crippen LogP contribution is 2.23. The van der Waals surface area contributed by atoms with Crippen molar-refractivity contribution >= 4 is 35.0 Å². The quantitative estimate of drug-likeness (QED) is 0.562. The van der Waals surface area contributed by atoms with Gasteiger partial charge in [-0.1, -0.05) is 30.3 Å². The van der Waals surface area contributed by atoms with Crippen molar-refractivity contribution in [3.63, 3.8) is 0 Å². The van der Waals surface area contributed by atoms with Gasteiger partial charge in [0, 0.05) is 7.05 Å². The van der Waals surface area contributed by atoms with Gasteiger partial charge < -0.3 is 15.4 Å². The second-order valence-electron chi connectivity index (χ2n) is 6.73. The highest BCUT2D eigenvalue weighted by Gasteiger charge is 2.18. The van der Waals surface area contributed by atoms with E-state index in [4.69, 9.17) is 4.74 Å². The molecule has 2 aromatic carbocycles. The molecular formula is C22H24N4O4S. The van der Waals surface area contributed by atoms with Crippen LogP contribution in [0.15, 0.2) is 59.4 Å². The molecule has 2 amide bonds. The van der Waals surface area contributed by atoms with Crippen molar-refractivity contribution < 1.29 is 14.3 Å². The van der Waals surface area contributed by atoms with Gasteiger partial charge in [0.15, 0.2) is 0 Å². The Hall–Kier alpha value is -3.46. The van der Waals surface area contributed by atoms with E-state index in [9.17, 15) is 14.4 Å². The SMILES string of the molecule is COc1ccccc1NC(=O)CSCC(=O)Nc1c(C)n(C)n(-c2ccccc2)c1=O. The van der Waals surface area contributed by atoms with Gasteiger partial charge in [-0.05, 0) is 31.2 Å². The third-order valence-corrected chi connectivity index (χ3v) is 5.60. The Kier molecular flexibility index (Phi) is 7.19. The third-order valence-electron chi connectivity index (χ3n) is 4.67. The number of thioether (sulfide) groups is 1. The van der Waals surface area contributed by atoms with Gasteiger partial charge in [0.2, 0.25) is 11.8 Å². The molecule has 3 aromatic rings. The number of amides is 2. The summed E-state index contributed by atoms with van der Waals surface area (Å²) in [5, 5.41) is 5.44. The van der Waals surface area contributed by atoms with Crippen molar-refractivity contribution in [2.45, 2.75) is 6.92 Å². The first-order chi connectivity index (χ1) is 14.9. The lowest BCUT2D eigenvalue weighted by atomic mass is 10.3. The predicted octanol–water partition coefficient (Wildman–Crippen LogP) is 2.80. The molecule has 1 aromatic heterocycles. The van der Waals surface area contributed by atoms with Crippen molar-refractivity contribution in [2.75, 3.05) is 29.2 Å². The highest BCUT2D eigenvalue weighted by atomic mass is 32.2. The maximum absolute atomic E-state index is 12.8. The number of anilines is 2. The van der Waals surface area contributed by atoms with E-state index in [1.54, 1.807) is 36.9 Å². The van der Waals surface area contributed by atoms with E-state index in [-0.39, 0.29) is 34.6 Å². The van der Waals surface area contributed by atoms with Crippen LogP contribution in [0.25, 0.3) is 5.69 Å². The summed E-state index contributed by atoms with van der Waals surface area (Å²) in [6.45, 7) is 1.77. The summed E-state index contributed by atoms with van der Waals surface area (Å²) < 4.78 is 8.40. The number of benzene rings is 2. The topological polar surface area (TPSA) is 94.4 Å². The van der Waals surface area contributed by atoms with Crippen LogP contribution in [0, 0.1) is 6.92 Å². The average Bonchev–Trinajstić information content (AvgIpc) is 2.98. The van der Waals surface area contributed by atoms with Gasteiger partial charge in [0.25, 0.3) is 5.56 Å². The van der Waals surface area contributed by atoms with Crippen molar-refractivity contribution in [1.29, 1.82) is 0 Å². The summed E-state index contributed by atoms with van der Waals surface area (Å²) in [6.07, 6.45) is 0. The zero-order valence-corrected chi connectivity index (χ0v) is 18.4. The first-order valence-corrected chi connectivity index (χ1v) is 10.7. The van der Waals surface area contributed by atoms with Gasteiger partial charge in [-0.15, -0.1) is 11.8 Å². The van der Waals surface area contributed by atoms with E-state index in [0.717, 1.165) is 11.8 Å². The van der Waals surface area contributed by atoms with E-state index in [1.165, 1.54) is 11.8 Å². The molecule has 0 saturated heterocycles. The Morgan fingerprint density at radius 3 is 2.26 bits per heavy atom. The monoisotopic (exact) mass is 440 g/mol. The number of aromatic nitrogens is 2. The predicted molar refractivity (Wildman–Crippen MR) is 123 cm³/mol. The van der Waals surface area contributed by atoms with Crippen LogP contribution in [0.4, 0.5) is 11.4 Å². The van der Waals surface area contributed by atoms with Crippen molar-refractivity contribution in [2.24, 2.45) is 7.05 Å². The van der Waals surface area contributed by atoms with Crippen LogP contribution >= 0.6 is 11.8 Å². The van der Waals surface area contributed by atoms with E-state index < -0.39 is 0 Å². The fourth-order valence-electron chi connectivity index (χ4n) is 3.06. The van der Waals surface area contributed by atoms with Gasteiger partial charge in [-0.25, -0.2) is 4.68 Å². The number of carbonyl (C=O) groups excluding carboxylic acids is 2. The van der Waals surface area contributed by atoms with Crippen LogP contribution in [0.1, 0.15) is 5.69 Å². The first-order valence-electron chi connectivity index (χ1n) is 9.57. The number of nitrogens with zero attached hydrogens (tertiary/aromatic N) is 2. The average molecular weight is 441 g/mol. The maximum atomic E-state index is 12.8. The molecule has 0 radical (unpaired) electrons. The van der Waals surface area contributed by atoms with Crippen LogP contribution in [0.3, 0.4) is 0 Å². The summed E-state index contributed by atoms with van der Waals surface area (Å²) >= 11 is 1.16. The number of nitrogens with one attached hydrogen (secondary N) is 2. The molecule has 1 heterocycles. The van der Waals surface area contributed by atoms with E-state index in [1.807, 2.05) is 36.4 Å². The lowest BCUT2D eigenvalue weighted by Gasteiger charge is -2.09. The number of rotatable bonds is 8. The summed E-state index contributed by atoms with van der Waals surface area (Å²) in [7, 11) is 3.29. The zero-order valence-electron chi connectivity index (χ0n) is 17.5. The van der Waals surface area contributed by atoms with Crippen LogP contribution in [0.2, 0.25) is 0 Å². The zero-order chi connectivity index (χ0) is 22.4. The molecule has 0 aliphatic carbocycles. The molecule has 0 aliphatic heterocycles. The Balaban J connectivity index is 1.58. The minimum absolute atomic E-state index is 0.0401. The standard InChI is InChI=1S/C22H24N4O4S/c1-15-21(22(29)26(25(15)2)16-9-5-4-6-10-16)24-20(28)14-31-13-19(27)23-17-11-7-8-12-18(17)30-3/h4-12H,13-14H2,1-3H3,(H,23,27)(H,24,28). The minimum atomic E-state index is -0.346. The Morgan fingerprint density at radius 1 is 0.968 bits per heavy atom. The molecule has 8 nitrogen and oxygen atoms in total. The largest absolute Gasteiger partial charge is 0.495 e. The molecule has 0 spiro atoms. The molecule has 0 atom stereocenters. The van der Waals surface area contributed by atoms with Crippen LogP contribution in [0.5, 0.6) is 5.75 Å². The van der Waals surface area contributed by atoms with E-state index in [0.29, 0.717) is 22.8 Å². The molecule has 162 valence electrons. The first kappa shape index (κ1) is 22.2. The second-order valence-corrected chi connectivity index (χ2v) is 7.71. The molecular weight excluding hydrogens is 416 g/mol. The molecule has 0 bridgehead atoms. The van der Waals surface area contributed by atoms with Crippen molar-refractivity contribution in [3.05, 3.63) is 70.6 Å². The summed E-state index contributed by atoms with van der Waals surface area (Å²) in [6, 6.07) is 16.3. The Bertz CT molecular complexity index is 1140. The van der Waals surface area contributed by atoms with Gasteiger partial charge in [-0.2, -0.15) is 0 Å². The molecule has 9 heteroatoms. The number of hydrogen-bond acceptors (Lipinski definition) is 5. The van der Waals surface area contributed by atoms with Gasteiger partial charge in [-0.3, -0.25) is 19.1 Å². The number of methoxy groups -OCH3 is 1. The Morgan fingerprint density at radius 2 is 1.58 bits per heavy atom. The number of para-hydroxylation sites is 3. The summed E-state index contributed by atoms with van der Waals surface area (Å²) in [5.74, 6) is 0.102. The van der Waals surface area contributed by atoms with Crippen LogP contribution in [-0.4, -0.2) is 39.8 Å². The normalized spacial score (nSPS) is 10.5. The molecule has 2 N–H and O–H groups in total. The summed E-state index contributed by atoms with van der Waals surface area (Å²) in [5.41, 5.74) is 1.84. The second kappa shape index (κ2) is 10.0. The third kappa shape index (κ3) is 5.18. The maximum Gasteiger partial charge on any atom is 0.295 e. The van der Waals surface area contributed by atoms with Crippen LogP contribution in [-0.2, 0) is 16.6 Å². The fourth-order valence-corrected chi connectivity index (χ4v) is 3.68. The number of carbonyl (C=O) groups is 2. The molecule has 0 aliphatic rings. The van der Waals surface area contributed by atoms with Gasteiger partial charge >= 0.3 is 0 Å². The van der Waals surface area contributed by atoms with Gasteiger partial charge in [0.05, 0.1) is 35.7 Å². The molecule has 31 heavy (non-hydrogen) atoms. The molecule has 0 saturated carbocycles. The van der Waals surface area contributed by atoms with E-state index in [2.05, 4.69) is 10.6 Å². The number of ether oxygens (including phenoxy) is 1. The lowest BCUT2D eigenvalue weighted by molar-refractivity contribution is -0.114. The van der Waals surface area contributed by atoms with Crippen LogP contribution < -0.4 is 20.9 Å². The van der Waals surface area contributed by atoms with Gasteiger partial charge in [0.1, 0.15) is 11.4 Å². The molecule has 3 rings (SSSR count). The fraction of sp³-hybridized carbons (Fsp3) is 0.227. The van der Waals surface area contributed by atoms with E-state index >= 15 is 0 Å². The summed E-state index contributed by atoms with van der Waals surface area (Å²) in [4.78, 5) is 37.4.